The molecule has 1 atom stereocenters. The Balaban J connectivity index is 2.10. The molecule has 2 N–H and O–H groups in total. The number of nitrogens with two attached hydrogens (primary N) is 1. The van der Waals surface area contributed by atoms with Gasteiger partial charge in [0.15, 0.2) is 0 Å². The van der Waals surface area contributed by atoms with Crippen LogP contribution in [-0.2, 0) is 9.53 Å². The first-order chi connectivity index (χ1) is 8.72. The van der Waals surface area contributed by atoms with Gasteiger partial charge in [-0.25, -0.2) is 0 Å². The SMILES string of the molecule is NCCCC1CN(c2ccccc2Cl)C(=O)CO1. The maximum Gasteiger partial charge on any atom is 0.253 e. The maximum absolute atomic E-state index is 11.9. The van der Waals surface area contributed by atoms with Gasteiger partial charge in [0.1, 0.15) is 6.61 Å². The molecule has 1 aromatic carbocycles. The number of nitrogens with zero attached hydrogens (tertiary/aromatic N) is 1. The minimum absolute atomic E-state index is 0.0440. The highest BCUT2D eigenvalue weighted by molar-refractivity contribution is 6.33. The van der Waals surface area contributed by atoms with Crippen molar-refractivity contribution in [2.45, 2.75) is 18.9 Å². The Kier molecular flexibility index (Phi) is 4.58. The summed E-state index contributed by atoms with van der Waals surface area (Å²) in [4.78, 5) is 13.6. The number of carbonyl (C=O) groups excluding carboxylic acids is 1. The van der Waals surface area contributed by atoms with Crippen LogP contribution in [0.25, 0.3) is 0 Å². The van der Waals surface area contributed by atoms with Gasteiger partial charge >= 0.3 is 0 Å². The van der Waals surface area contributed by atoms with Gasteiger partial charge < -0.3 is 15.4 Å². The summed E-state index contributed by atoms with van der Waals surface area (Å²) < 4.78 is 5.49. The van der Waals surface area contributed by atoms with Crippen LogP contribution < -0.4 is 10.6 Å². The zero-order chi connectivity index (χ0) is 13.0. The van der Waals surface area contributed by atoms with E-state index >= 15 is 0 Å². The Morgan fingerprint density at radius 2 is 2.22 bits per heavy atom. The lowest BCUT2D eigenvalue weighted by Crippen LogP contribution is -2.47. The first kappa shape index (κ1) is 13.3. The van der Waals surface area contributed by atoms with Gasteiger partial charge in [0.2, 0.25) is 0 Å². The van der Waals surface area contributed by atoms with Crippen molar-refractivity contribution < 1.29 is 9.53 Å². The number of para-hydroxylation sites is 1. The summed E-state index contributed by atoms with van der Waals surface area (Å²) in [5.74, 6) is -0.0490. The summed E-state index contributed by atoms with van der Waals surface area (Å²) in [6, 6.07) is 7.36. The lowest BCUT2D eigenvalue weighted by molar-refractivity contribution is -0.129. The number of hydrogen-bond donors (Lipinski definition) is 1. The highest BCUT2D eigenvalue weighted by Gasteiger charge is 2.27. The highest BCUT2D eigenvalue weighted by atomic mass is 35.5. The summed E-state index contributed by atoms with van der Waals surface area (Å²) in [6.45, 7) is 1.29. The number of ether oxygens (including phenoxy) is 1. The lowest BCUT2D eigenvalue weighted by Gasteiger charge is -2.33. The average Bonchev–Trinajstić information content (AvgIpc) is 2.39. The van der Waals surface area contributed by atoms with Gasteiger partial charge in [-0.2, -0.15) is 0 Å². The van der Waals surface area contributed by atoms with Gasteiger partial charge in [-0.1, -0.05) is 23.7 Å². The second-order valence-electron chi connectivity index (χ2n) is 4.32. The van der Waals surface area contributed by atoms with Crippen LogP contribution in [0, 0.1) is 0 Å². The van der Waals surface area contributed by atoms with Crippen molar-refractivity contribution in [1.29, 1.82) is 0 Å². The molecule has 1 aliphatic rings. The van der Waals surface area contributed by atoms with E-state index in [1.807, 2.05) is 18.2 Å². The zero-order valence-electron chi connectivity index (χ0n) is 10.1. The summed E-state index contributed by atoms with van der Waals surface area (Å²) in [7, 11) is 0. The van der Waals surface area contributed by atoms with E-state index < -0.39 is 0 Å². The standard InChI is InChI=1S/C13H17ClN2O2/c14-11-5-1-2-6-12(11)16-8-10(4-3-7-15)18-9-13(16)17/h1-2,5-6,10H,3-4,7-9,15H2. The van der Waals surface area contributed by atoms with Gasteiger partial charge in [-0.05, 0) is 31.5 Å². The second kappa shape index (κ2) is 6.18. The molecule has 1 unspecified atom stereocenters. The van der Waals surface area contributed by atoms with E-state index in [1.54, 1.807) is 11.0 Å². The van der Waals surface area contributed by atoms with Gasteiger partial charge in [0, 0.05) is 0 Å². The number of benzene rings is 1. The van der Waals surface area contributed by atoms with Crippen molar-refractivity contribution in [2.24, 2.45) is 5.73 Å². The number of rotatable bonds is 4. The third-order valence-electron chi connectivity index (χ3n) is 3.00. The van der Waals surface area contributed by atoms with Crippen LogP contribution in [0.1, 0.15) is 12.8 Å². The highest BCUT2D eigenvalue weighted by Crippen LogP contribution is 2.27. The lowest BCUT2D eigenvalue weighted by atomic mass is 10.1. The molecule has 1 saturated heterocycles. The predicted octanol–water partition coefficient (Wildman–Crippen LogP) is 1.81. The third-order valence-corrected chi connectivity index (χ3v) is 3.32. The average molecular weight is 269 g/mol. The molecule has 1 aliphatic heterocycles. The summed E-state index contributed by atoms with van der Waals surface area (Å²) in [6.07, 6.45) is 1.81. The van der Waals surface area contributed by atoms with E-state index in [4.69, 9.17) is 22.1 Å². The fourth-order valence-electron chi connectivity index (χ4n) is 2.05. The summed E-state index contributed by atoms with van der Waals surface area (Å²) in [5.41, 5.74) is 6.24. The second-order valence-corrected chi connectivity index (χ2v) is 4.73. The first-order valence-corrected chi connectivity index (χ1v) is 6.46. The molecule has 1 amide bonds. The van der Waals surface area contributed by atoms with E-state index in [2.05, 4.69) is 0 Å². The summed E-state index contributed by atoms with van der Waals surface area (Å²) >= 11 is 6.12. The van der Waals surface area contributed by atoms with Crippen LogP contribution in [0.3, 0.4) is 0 Å². The van der Waals surface area contributed by atoms with Gasteiger partial charge in [-0.3, -0.25) is 4.79 Å². The van der Waals surface area contributed by atoms with Crippen molar-refractivity contribution in [2.75, 3.05) is 24.6 Å². The fraction of sp³-hybridized carbons (Fsp3) is 0.462. The largest absolute Gasteiger partial charge is 0.367 e. The van der Waals surface area contributed by atoms with E-state index in [9.17, 15) is 4.79 Å². The molecule has 0 spiro atoms. The molecule has 98 valence electrons. The predicted molar refractivity (Wildman–Crippen MR) is 71.8 cm³/mol. The number of halogens is 1. The molecular formula is C13H17ClN2O2. The fourth-order valence-corrected chi connectivity index (χ4v) is 2.29. The van der Waals surface area contributed by atoms with Crippen LogP contribution in [0.15, 0.2) is 24.3 Å². The van der Waals surface area contributed by atoms with Crippen LogP contribution in [0.2, 0.25) is 5.02 Å². The van der Waals surface area contributed by atoms with E-state index in [1.165, 1.54) is 0 Å². The molecule has 0 saturated carbocycles. The van der Waals surface area contributed by atoms with Gasteiger partial charge in [-0.15, -0.1) is 0 Å². The van der Waals surface area contributed by atoms with Crippen molar-refractivity contribution in [1.82, 2.24) is 0 Å². The van der Waals surface area contributed by atoms with Crippen LogP contribution >= 0.6 is 11.6 Å². The number of hydrogen-bond acceptors (Lipinski definition) is 3. The molecule has 0 bridgehead atoms. The molecule has 5 heteroatoms. The molecule has 0 aliphatic carbocycles. The van der Waals surface area contributed by atoms with E-state index in [0.29, 0.717) is 18.1 Å². The smallest absolute Gasteiger partial charge is 0.253 e. The Morgan fingerprint density at radius 3 is 2.94 bits per heavy atom. The van der Waals surface area contributed by atoms with Crippen LogP contribution in [-0.4, -0.2) is 31.7 Å². The Morgan fingerprint density at radius 1 is 1.44 bits per heavy atom. The minimum Gasteiger partial charge on any atom is -0.367 e. The molecule has 0 aromatic heterocycles. The number of morpholine rings is 1. The molecule has 1 fully saturated rings. The molecule has 0 radical (unpaired) electrons. The molecular weight excluding hydrogens is 252 g/mol. The normalized spacial score (nSPS) is 20.2. The minimum atomic E-state index is -0.0490. The number of anilines is 1. The Hall–Kier alpha value is -1.10. The monoisotopic (exact) mass is 268 g/mol. The van der Waals surface area contributed by atoms with Gasteiger partial charge in [0.05, 0.1) is 23.4 Å². The number of amides is 1. The molecule has 18 heavy (non-hydrogen) atoms. The first-order valence-electron chi connectivity index (χ1n) is 6.09. The van der Waals surface area contributed by atoms with Crippen molar-refractivity contribution >= 4 is 23.2 Å². The molecule has 2 rings (SSSR count). The summed E-state index contributed by atoms with van der Waals surface area (Å²) in [5, 5.41) is 0.588. The van der Waals surface area contributed by atoms with E-state index in [-0.39, 0.29) is 18.6 Å². The Labute approximate surface area is 112 Å². The third kappa shape index (κ3) is 3.02. The van der Waals surface area contributed by atoms with Crippen molar-refractivity contribution in [3.8, 4) is 0 Å². The van der Waals surface area contributed by atoms with Crippen molar-refractivity contribution in [3.63, 3.8) is 0 Å². The number of carbonyl (C=O) groups is 1. The maximum atomic E-state index is 11.9. The van der Waals surface area contributed by atoms with Crippen LogP contribution in [0.5, 0.6) is 0 Å². The topological polar surface area (TPSA) is 55.6 Å². The van der Waals surface area contributed by atoms with Crippen LogP contribution in [0.4, 0.5) is 5.69 Å². The molecule has 4 nitrogen and oxygen atoms in total. The quantitative estimate of drug-likeness (QED) is 0.906. The van der Waals surface area contributed by atoms with Crippen molar-refractivity contribution in [3.05, 3.63) is 29.3 Å². The zero-order valence-corrected chi connectivity index (χ0v) is 10.9. The molecule has 1 aromatic rings. The molecule has 1 heterocycles. The van der Waals surface area contributed by atoms with Gasteiger partial charge in [0.25, 0.3) is 5.91 Å². The van der Waals surface area contributed by atoms with E-state index in [0.717, 1.165) is 18.5 Å². The Bertz CT molecular complexity index is 425.